The van der Waals surface area contributed by atoms with E-state index in [1.165, 1.54) is 29.3 Å². The molecule has 0 aliphatic carbocycles. The van der Waals surface area contributed by atoms with Crippen LogP contribution >= 0.6 is 0 Å². The number of nitrogens with one attached hydrogen (secondary N) is 1. The number of anilines is 2. The largest absolute Gasteiger partial charge is 0.434 e. The maximum Gasteiger partial charge on any atom is 0.387 e. The Bertz CT molecular complexity index is 830. The van der Waals surface area contributed by atoms with Crippen LogP contribution in [0.5, 0.6) is 5.75 Å². The average Bonchev–Trinajstić information content (AvgIpc) is 3.13. The molecule has 0 radical (unpaired) electrons. The lowest BCUT2D eigenvalue weighted by Crippen LogP contribution is -2.43. The number of carbonyl (C=O) groups is 2. The van der Waals surface area contributed by atoms with E-state index in [9.17, 15) is 18.4 Å². The first-order valence-electron chi connectivity index (χ1n) is 8.33. The smallest absolute Gasteiger partial charge is 0.387 e. The van der Waals surface area contributed by atoms with Crippen LogP contribution in [-0.2, 0) is 4.79 Å². The number of rotatable bonds is 5. The van der Waals surface area contributed by atoms with Crippen LogP contribution in [0.25, 0.3) is 0 Å². The van der Waals surface area contributed by atoms with Gasteiger partial charge >= 0.3 is 6.61 Å². The lowest BCUT2D eigenvalue weighted by atomic mass is 10.1. The highest BCUT2D eigenvalue weighted by Crippen LogP contribution is 2.27. The summed E-state index contributed by atoms with van der Waals surface area (Å²) in [5.41, 5.74) is 5.96. The number of aromatic nitrogens is 1. The van der Waals surface area contributed by atoms with Crippen molar-refractivity contribution in [3.63, 3.8) is 0 Å². The van der Waals surface area contributed by atoms with Crippen LogP contribution in [0.15, 0.2) is 42.6 Å². The van der Waals surface area contributed by atoms with Crippen molar-refractivity contribution in [2.75, 3.05) is 17.6 Å². The molecular formula is C18H18F2N4O3. The van der Waals surface area contributed by atoms with Gasteiger partial charge in [0.15, 0.2) is 0 Å². The number of alkyl halides is 2. The molecular weight excluding hydrogens is 358 g/mol. The van der Waals surface area contributed by atoms with Crippen molar-refractivity contribution in [2.45, 2.75) is 25.5 Å². The van der Waals surface area contributed by atoms with Gasteiger partial charge < -0.3 is 20.7 Å². The lowest BCUT2D eigenvalue weighted by molar-refractivity contribution is -0.119. The number of ether oxygens (including phenoxy) is 1. The van der Waals surface area contributed by atoms with E-state index in [0.717, 1.165) is 0 Å². The van der Waals surface area contributed by atoms with Gasteiger partial charge in [0.05, 0.1) is 17.4 Å². The third kappa shape index (κ3) is 4.30. The van der Waals surface area contributed by atoms with Crippen molar-refractivity contribution < 1.29 is 23.1 Å². The number of amides is 2. The van der Waals surface area contributed by atoms with Gasteiger partial charge in [-0.15, -0.1) is 0 Å². The zero-order valence-corrected chi connectivity index (χ0v) is 14.3. The Hall–Kier alpha value is -3.23. The third-order valence-electron chi connectivity index (χ3n) is 4.20. The van der Waals surface area contributed by atoms with E-state index < -0.39 is 18.6 Å². The number of hydrogen-bond donors (Lipinski definition) is 2. The number of benzene rings is 1. The summed E-state index contributed by atoms with van der Waals surface area (Å²) < 4.78 is 29.6. The van der Waals surface area contributed by atoms with Crippen molar-refractivity contribution in [1.82, 2.24) is 9.88 Å². The summed E-state index contributed by atoms with van der Waals surface area (Å²) in [6, 6.07) is 8.18. The molecule has 3 rings (SSSR count). The van der Waals surface area contributed by atoms with Crippen molar-refractivity contribution in [3.8, 4) is 5.75 Å². The fourth-order valence-electron chi connectivity index (χ4n) is 2.98. The fourth-order valence-corrected chi connectivity index (χ4v) is 2.98. The van der Waals surface area contributed by atoms with Gasteiger partial charge in [0.25, 0.3) is 5.91 Å². The van der Waals surface area contributed by atoms with Crippen LogP contribution in [-0.4, -0.2) is 40.9 Å². The van der Waals surface area contributed by atoms with E-state index >= 15 is 0 Å². The molecule has 2 aromatic rings. The minimum atomic E-state index is -3.05. The number of nitrogens with two attached hydrogens (primary N) is 1. The molecule has 1 aliphatic rings. The second-order valence-corrected chi connectivity index (χ2v) is 5.99. The molecule has 2 heterocycles. The molecule has 0 saturated carbocycles. The molecule has 1 aromatic carbocycles. The number of nitrogens with zero attached hydrogens (tertiary/aromatic N) is 2. The highest BCUT2D eigenvalue weighted by molar-refractivity contribution is 6.02. The van der Waals surface area contributed by atoms with E-state index in [1.807, 2.05) is 0 Å². The minimum absolute atomic E-state index is 0.00773. The van der Waals surface area contributed by atoms with E-state index in [2.05, 4.69) is 15.0 Å². The molecule has 1 saturated heterocycles. The normalized spacial score (nSPS) is 16.4. The van der Waals surface area contributed by atoms with Gasteiger partial charge in [-0.1, -0.05) is 12.1 Å². The molecule has 0 bridgehead atoms. The Balaban J connectivity index is 1.76. The predicted octanol–water partition coefficient (Wildman–Crippen LogP) is 2.51. The molecule has 2 amide bonds. The zero-order valence-electron chi connectivity index (χ0n) is 14.3. The molecule has 3 N–H and O–H groups in total. The van der Waals surface area contributed by atoms with Crippen molar-refractivity contribution in [3.05, 3.63) is 48.2 Å². The highest BCUT2D eigenvalue weighted by Gasteiger charge is 2.35. The first kappa shape index (κ1) is 18.6. The molecule has 1 atom stereocenters. The summed E-state index contributed by atoms with van der Waals surface area (Å²) in [5.74, 6) is -0.799. The molecule has 1 aliphatic heterocycles. The Labute approximate surface area is 154 Å². The van der Waals surface area contributed by atoms with Gasteiger partial charge in [-0.05, 0) is 37.1 Å². The number of nitrogen functional groups attached to an aromatic ring is 1. The highest BCUT2D eigenvalue weighted by atomic mass is 19.3. The first-order chi connectivity index (χ1) is 13.0. The summed E-state index contributed by atoms with van der Waals surface area (Å²) in [7, 11) is 0. The average molecular weight is 376 g/mol. The van der Waals surface area contributed by atoms with Crippen molar-refractivity contribution in [1.29, 1.82) is 0 Å². The monoisotopic (exact) mass is 376 g/mol. The number of pyridine rings is 1. The van der Waals surface area contributed by atoms with Gasteiger partial charge in [0.2, 0.25) is 5.91 Å². The van der Waals surface area contributed by atoms with Gasteiger partial charge in [-0.25, -0.2) is 4.98 Å². The Kier molecular flexibility index (Phi) is 5.49. The molecule has 7 nitrogen and oxygen atoms in total. The predicted molar refractivity (Wildman–Crippen MR) is 94.4 cm³/mol. The van der Waals surface area contributed by atoms with Gasteiger partial charge in [0.1, 0.15) is 17.6 Å². The van der Waals surface area contributed by atoms with Crippen LogP contribution in [0.2, 0.25) is 0 Å². The number of carbonyl (C=O) groups excluding carboxylic acids is 2. The van der Waals surface area contributed by atoms with E-state index in [1.54, 1.807) is 18.2 Å². The standard InChI is InChI=1S/C18H18F2N4O3/c19-18(20)27-14-6-2-1-4-12(14)17(26)24-9-3-5-13(24)16(25)23-11-7-8-15(21)22-10-11/h1-2,4,6-8,10,13,18H,3,5,9H2,(H2,21,22)(H,23,25). The maximum absolute atomic E-state index is 12.9. The number of para-hydroxylation sites is 1. The Morgan fingerprint density at radius 3 is 2.74 bits per heavy atom. The van der Waals surface area contributed by atoms with Crippen LogP contribution in [0.1, 0.15) is 23.2 Å². The quantitative estimate of drug-likeness (QED) is 0.836. The van der Waals surface area contributed by atoms with E-state index in [0.29, 0.717) is 30.9 Å². The summed E-state index contributed by atoms with van der Waals surface area (Å²) >= 11 is 0. The van der Waals surface area contributed by atoms with Crippen molar-refractivity contribution >= 4 is 23.3 Å². The van der Waals surface area contributed by atoms with Gasteiger partial charge in [-0.2, -0.15) is 8.78 Å². The molecule has 0 spiro atoms. The Morgan fingerprint density at radius 2 is 2.04 bits per heavy atom. The third-order valence-corrected chi connectivity index (χ3v) is 4.20. The summed E-state index contributed by atoms with van der Waals surface area (Å²) in [4.78, 5) is 30.7. The molecule has 1 unspecified atom stereocenters. The minimum Gasteiger partial charge on any atom is -0.434 e. The molecule has 27 heavy (non-hydrogen) atoms. The number of likely N-dealkylation sites (tertiary alicyclic amines) is 1. The van der Waals surface area contributed by atoms with E-state index in [-0.39, 0.29) is 17.2 Å². The maximum atomic E-state index is 12.9. The lowest BCUT2D eigenvalue weighted by Gasteiger charge is -2.24. The molecule has 1 fully saturated rings. The molecule has 9 heteroatoms. The molecule has 1 aromatic heterocycles. The number of hydrogen-bond acceptors (Lipinski definition) is 5. The van der Waals surface area contributed by atoms with E-state index in [4.69, 9.17) is 5.73 Å². The SMILES string of the molecule is Nc1ccc(NC(=O)C2CCCN2C(=O)c2ccccc2OC(F)F)cn1. The van der Waals surface area contributed by atoms with Crippen LogP contribution < -0.4 is 15.8 Å². The topological polar surface area (TPSA) is 97.6 Å². The zero-order chi connectivity index (χ0) is 19.4. The number of halogens is 2. The second kappa shape index (κ2) is 7.98. The fraction of sp³-hybridized carbons (Fsp3) is 0.278. The first-order valence-corrected chi connectivity index (χ1v) is 8.33. The summed E-state index contributed by atoms with van der Waals surface area (Å²) in [5, 5.41) is 2.69. The summed E-state index contributed by atoms with van der Waals surface area (Å²) in [6.45, 7) is -2.70. The van der Waals surface area contributed by atoms with Gasteiger partial charge in [-0.3, -0.25) is 9.59 Å². The van der Waals surface area contributed by atoms with Crippen molar-refractivity contribution in [2.24, 2.45) is 0 Å². The van der Waals surface area contributed by atoms with Crippen LogP contribution in [0.3, 0.4) is 0 Å². The van der Waals surface area contributed by atoms with Gasteiger partial charge in [0, 0.05) is 6.54 Å². The van der Waals surface area contributed by atoms with Crippen LogP contribution in [0, 0.1) is 0 Å². The second-order valence-electron chi connectivity index (χ2n) is 5.99. The van der Waals surface area contributed by atoms with Crippen LogP contribution in [0.4, 0.5) is 20.3 Å². The molecule has 142 valence electrons. The summed E-state index contributed by atoms with van der Waals surface area (Å²) in [6.07, 6.45) is 2.51. The Morgan fingerprint density at radius 1 is 1.26 bits per heavy atom.